The van der Waals surface area contributed by atoms with E-state index >= 15 is 0 Å². The predicted molar refractivity (Wildman–Crippen MR) is 69.8 cm³/mol. The molecule has 1 atom stereocenters. The molecule has 1 unspecified atom stereocenters. The van der Waals surface area contributed by atoms with Crippen LogP contribution in [0.5, 0.6) is 0 Å². The number of carbonyl (C=O) groups excluding carboxylic acids is 1. The van der Waals surface area contributed by atoms with Crippen molar-refractivity contribution in [3.05, 3.63) is 11.6 Å². The Kier molecular flexibility index (Phi) is 4.60. The lowest BCUT2D eigenvalue weighted by Gasteiger charge is -2.14. The molecule has 1 aliphatic heterocycles. The molecular weight excluding hydrogens is 212 g/mol. The van der Waals surface area contributed by atoms with Crippen molar-refractivity contribution in [3.63, 3.8) is 0 Å². The molecule has 0 radical (unpaired) electrons. The molecule has 0 aromatic rings. The molecule has 1 amide bonds. The molecule has 3 nitrogen and oxygen atoms in total. The molecule has 1 aliphatic carbocycles. The van der Waals surface area contributed by atoms with Crippen LogP contribution in [0.2, 0.25) is 0 Å². The molecule has 1 saturated heterocycles. The lowest BCUT2D eigenvalue weighted by molar-refractivity contribution is -0.124. The van der Waals surface area contributed by atoms with Crippen LogP contribution in [0.4, 0.5) is 0 Å². The highest BCUT2D eigenvalue weighted by Gasteiger charge is 2.25. The van der Waals surface area contributed by atoms with Gasteiger partial charge in [-0.15, -0.1) is 0 Å². The van der Waals surface area contributed by atoms with E-state index in [2.05, 4.69) is 23.3 Å². The second-order valence-electron chi connectivity index (χ2n) is 5.40. The maximum Gasteiger partial charge on any atom is 0.224 e. The van der Waals surface area contributed by atoms with Gasteiger partial charge in [-0.1, -0.05) is 11.6 Å². The first-order valence-corrected chi connectivity index (χ1v) is 6.90. The van der Waals surface area contributed by atoms with Crippen molar-refractivity contribution in [2.75, 3.05) is 26.7 Å². The second kappa shape index (κ2) is 6.20. The topological polar surface area (TPSA) is 32.3 Å². The number of amides is 1. The smallest absolute Gasteiger partial charge is 0.224 e. The van der Waals surface area contributed by atoms with E-state index in [9.17, 15) is 4.79 Å². The van der Waals surface area contributed by atoms with Crippen LogP contribution in [-0.2, 0) is 4.79 Å². The molecule has 0 bridgehead atoms. The molecule has 0 aromatic carbocycles. The largest absolute Gasteiger partial charge is 0.356 e. The van der Waals surface area contributed by atoms with E-state index in [0.29, 0.717) is 0 Å². The van der Waals surface area contributed by atoms with Crippen molar-refractivity contribution in [2.45, 2.75) is 38.5 Å². The van der Waals surface area contributed by atoms with Gasteiger partial charge in [-0.25, -0.2) is 0 Å². The highest BCUT2D eigenvalue weighted by molar-refractivity contribution is 5.79. The van der Waals surface area contributed by atoms with E-state index in [0.717, 1.165) is 32.5 Å². The Labute approximate surface area is 104 Å². The third kappa shape index (κ3) is 3.84. The average molecular weight is 236 g/mol. The maximum absolute atomic E-state index is 11.9. The summed E-state index contributed by atoms with van der Waals surface area (Å²) in [6.45, 7) is 2.81. The van der Waals surface area contributed by atoms with Crippen molar-refractivity contribution in [1.29, 1.82) is 0 Å². The van der Waals surface area contributed by atoms with Crippen molar-refractivity contribution >= 4 is 5.91 Å². The van der Waals surface area contributed by atoms with Gasteiger partial charge in [0, 0.05) is 13.1 Å². The van der Waals surface area contributed by atoms with Gasteiger partial charge in [0.2, 0.25) is 5.91 Å². The molecule has 0 saturated carbocycles. The summed E-state index contributed by atoms with van der Waals surface area (Å²) in [6.07, 6.45) is 9.56. The number of likely N-dealkylation sites (tertiary alicyclic amines) is 1. The molecule has 1 fully saturated rings. The lowest BCUT2D eigenvalue weighted by Crippen LogP contribution is -2.33. The Morgan fingerprint density at radius 2 is 2.41 bits per heavy atom. The summed E-state index contributed by atoms with van der Waals surface area (Å²) >= 11 is 0. The molecule has 1 heterocycles. The number of nitrogens with one attached hydrogen (secondary N) is 1. The fourth-order valence-electron chi connectivity index (χ4n) is 2.77. The number of carbonyl (C=O) groups is 1. The predicted octanol–water partition coefficient (Wildman–Crippen LogP) is 1.94. The van der Waals surface area contributed by atoms with Gasteiger partial charge >= 0.3 is 0 Å². The van der Waals surface area contributed by atoms with Crippen molar-refractivity contribution in [1.82, 2.24) is 10.2 Å². The zero-order valence-electron chi connectivity index (χ0n) is 10.9. The summed E-state index contributed by atoms with van der Waals surface area (Å²) in [6, 6.07) is 0. The molecule has 1 N–H and O–H groups in total. The van der Waals surface area contributed by atoms with Crippen LogP contribution < -0.4 is 5.32 Å². The van der Waals surface area contributed by atoms with E-state index in [-0.39, 0.29) is 11.8 Å². The van der Waals surface area contributed by atoms with Crippen molar-refractivity contribution in [2.24, 2.45) is 5.92 Å². The third-order valence-electron chi connectivity index (χ3n) is 3.89. The van der Waals surface area contributed by atoms with Gasteiger partial charge in [0.25, 0.3) is 0 Å². The van der Waals surface area contributed by atoms with E-state index in [1.807, 2.05) is 0 Å². The van der Waals surface area contributed by atoms with Gasteiger partial charge in [-0.05, 0) is 52.1 Å². The van der Waals surface area contributed by atoms with Gasteiger partial charge in [0.15, 0.2) is 0 Å². The molecule has 0 spiro atoms. The monoisotopic (exact) mass is 236 g/mol. The third-order valence-corrected chi connectivity index (χ3v) is 3.89. The summed E-state index contributed by atoms with van der Waals surface area (Å²) in [5, 5.41) is 3.09. The Morgan fingerprint density at radius 1 is 1.53 bits per heavy atom. The van der Waals surface area contributed by atoms with Gasteiger partial charge < -0.3 is 10.2 Å². The Bertz CT molecular complexity index is 299. The Morgan fingerprint density at radius 3 is 3.06 bits per heavy atom. The molecule has 17 heavy (non-hydrogen) atoms. The minimum Gasteiger partial charge on any atom is -0.356 e. The summed E-state index contributed by atoms with van der Waals surface area (Å²) < 4.78 is 0. The molecule has 0 aromatic heterocycles. The Balaban J connectivity index is 1.64. The molecular formula is C14H24N2O. The van der Waals surface area contributed by atoms with Crippen LogP contribution in [0.3, 0.4) is 0 Å². The average Bonchev–Trinajstić information content (AvgIpc) is 2.77. The molecule has 2 rings (SSSR count). The standard InChI is InChI=1S/C14H24N2O/c1-16-10-8-13(11-16)14(17)15-9-7-12-5-3-2-4-6-12/h5,13H,2-4,6-11H2,1H3,(H,15,17). The maximum atomic E-state index is 11.9. The van der Waals surface area contributed by atoms with Gasteiger partial charge in [-0.2, -0.15) is 0 Å². The number of rotatable bonds is 4. The summed E-state index contributed by atoms with van der Waals surface area (Å²) in [4.78, 5) is 14.1. The molecule has 96 valence electrons. The quantitative estimate of drug-likeness (QED) is 0.757. The Hall–Kier alpha value is -0.830. The first-order chi connectivity index (χ1) is 8.25. The van der Waals surface area contributed by atoms with Gasteiger partial charge in [0.05, 0.1) is 5.92 Å². The first kappa shape index (κ1) is 12.6. The minimum absolute atomic E-state index is 0.223. The van der Waals surface area contributed by atoms with Gasteiger partial charge in [0.1, 0.15) is 0 Å². The molecule has 3 heteroatoms. The fourth-order valence-corrected chi connectivity index (χ4v) is 2.77. The van der Waals surface area contributed by atoms with Crippen LogP contribution in [0, 0.1) is 5.92 Å². The fraction of sp³-hybridized carbons (Fsp3) is 0.786. The van der Waals surface area contributed by atoms with Crippen molar-refractivity contribution in [3.8, 4) is 0 Å². The summed E-state index contributed by atoms with van der Waals surface area (Å²) in [5.41, 5.74) is 1.54. The number of hydrogen-bond acceptors (Lipinski definition) is 2. The second-order valence-corrected chi connectivity index (χ2v) is 5.40. The molecule has 2 aliphatic rings. The normalized spacial score (nSPS) is 25.7. The minimum atomic E-state index is 0.223. The summed E-state index contributed by atoms with van der Waals surface area (Å²) in [7, 11) is 2.08. The number of hydrogen-bond donors (Lipinski definition) is 1. The first-order valence-electron chi connectivity index (χ1n) is 6.90. The van der Waals surface area contributed by atoms with Crippen LogP contribution >= 0.6 is 0 Å². The highest BCUT2D eigenvalue weighted by Crippen LogP contribution is 2.19. The zero-order valence-corrected chi connectivity index (χ0v) is 10.9. The van der Waals surface area contributed by atoms with E-state index < -0.39 is 0 Å². The van der Waals surface area contributed by atoms with E-state index in [1.165, 1.54) is 25.7 Å². The number of allylic oxidation sites excluding steroid dienone is 1. The van der Waals surface area contributed by atoms with Crippen LogP contribution in [0.1, 0.15) is 38.5 Å². The van der Waals surface area contributed by atoms with Crippen LogP contribution in [0.15, 0.2) is 11.6 Å². The van der Waals surface area contributed by atoms with Crippen molar-refractivity contribution < 1.29 is 4.79 Å². The lowest BCUT2D eigenvalue weighted by atomic mass is 9.97. The van der Waals surface area contributed by atoms with Crippen LogP contribution in [-0.4, -0.2) is 37.5 Å². The van der Waals surface area contributed by atoms with E-state index in [4.69, 9.17) is 0 Å². The zero-order chi connectivity index (χ0) is 12.1. The SMILES string of the molecule is CN1CCC(C(=O)NCCC2=CCCCC2)C1. The van der Waals surface area contributed by atoms with Gasteiger partial charge in [-0.3, -0.25) is 4.79 Å². The van der Waals surface area contributed by atoms with E-state index in [1.54, 1.807) is 5.57 Å². The summed E-state index contributed by atoms with van der Waals surface area (Å²) in [5.74, 6) is 0.478. The highest BCUT2D eigenvalue weighted by atomic mass is 16.1. The van der Waals surface area contributed by atoms with Crippen LogP contribution in [0.25, 0.3) is 0 Å². The number of nitrogens with zero attached hydrogens (tertiary/aromatic N) is 1.